The molecule has 0 bridgehead atoms. The first-order valence-electron chi connectivity index (χ1n) is 12.0. The zero-order valence-corrected chi connectivity index (χ0v) is 20.9. The average Bonchev–Trinajstić information content (AvgIpc) is 3.23. The number of esters is 2. The summed E-state index contributed by atoms with van der Waals surface area (Å²) in [5.74, 6) is -0.733. The fourth-order valence-corrected chi connectivity index (χ4v) is 5.19. The minimum Gasteiger partial charge on any atom is -0.476 e. The fraction of sp³-hybridized carbons (Fsp3) is 0.407. The highest BCUT2D eigenvalue weighted by Gasteiger charge is 2.45. The Morgan fingerprint density at radius 1 is 1.22 bits per heavy atom. The summed E-state index contributed by atoms with van der Waals surface area (Å²) in [6, 6.07) is 7.12. The van der Waals surface area contributed by atoms with Gasteiger partial charge in [-0.3, -0.25) is 4.79 Å². The zero-order valence-electron chi connectivity index (χ0n) is 20.9. The second-order valence-corrected chi connectivity index (χ2v) is 9.66. The van der Waals surface area contributed by atoms with Crippen LogP contribution in [0.2, 0.25) is 0 Å². The zero-order chi connectivity index (χ0) is 26.0. The number of carbonyl (C=O) groups is 2. The molecule has 9 heteroatoms. The van der Waals surface area contributed by atoms with Crippen LogP contribution >= 0.6 is 0 Å². The molecule has 1 atom stereocenters. The van der Waals surface area contributed by atoms with E-state index in [4.69, 9.17) is 19.2 Å². The Balaban J connectivity index is 1.68. The van der Waals surface area contributed by atoms with Crippen molar-refractivity contribution in [3.63, 3.8) is 0 Å². The Bertz CT molecular complexity index is 1500. The van der Waals surface area contributed by atoms with E-state index < -0.39 is 23.1 Å². The van der Waals surface area contributed by atoms with Crippen LogP contribution < -0.4 is 10.3 Å². The van der Waals surface area contributed by atoms with Crippen molar-refractivity contribution >= 4 is 22.8 Å². The highest BCUT2D eigenvalue weighted by Crippen LogP contribution is 2.41. The molecule has 1 N–H and O–H groups in total. The third-order valence-electron chi connectivity index (χ3n) is 7.18. The van der Waals surface area contributed by atoms with Crippen LogP contribution in [-0.2, 0) is 44.2 Å². The van der Waals surface area contributed by atoms with E-state index in [9.17, 15) is 19.5 Å². The van der Waals surface area contributed by atoms with Crippen molar-refractivity contribution in [3.05, 3.63) is 56.9 Å². The second-order valence-electron chi connectivity index (χ2n) is 9.66. The minimum atomic E-state index is -1.87. The number of cyclic esters (lactones) is 1. The Hall–Kier alpha value is -3.72. The van der Waals surface area contributed by atoms with Gasteiger partial charge in [-0.15, -0.1) is 0 Å². The van der Waals surface area contributed by atoms with E-state index in [1.807, 2.05) is 19.1 Å². The maximum Gasteiger partial charge on any atom is 0.349 e. The average molecular weight is 493 g/mol. The highest BCUT2D eigenvalue weighted by atomic mass is 16.6. The predicted octanol–water partition coefficient (Wildman–Crippen LogP) is 2.97. The SMILES string of the molecule is CCc1c2c(nc3ccc(OC(C)(C)C(=O)OC)cc13)-c1cc3c(c(=O)n1C2)COC(=O)[C@]3(O)CC. The Labute approximate surface area is 207 Å². The van der Waals surface area contributed by atoms with Gasteiger partial charge in [0.25, 0.3) is 5.56 Å². The molecule has 1 aromatic carbocycles. The van der Waals surface area contributed by atoms with Gasteiger partial charge in [-0.05, 0) is 56.5 Å². The summed E-state index contributed by atoms with van der Waals surface area (Å²) in [6.45, 7) is 7.14. The van der Waals surface area contributed by atoms with Crippen molar-refractivity contribution < 1.29 is 28.9 Å². The van der Waals surface area contributed by atoms with Crippen molar-refractivity contribution in [2.75, 3.05) is 7.11 Å². The number of benzene rings is 1. The van der Waals surface area contributed by atoms with Gasteiger partial charge < -0.3 is 23.9 Å². The van der Waals surface area contributed by atoms with Crippen LogP contribution in [0.4, 0.5) is 0 Å². The monoisotopic (exact) mass is 492 g/mol. The van der Waals surface area contributed by atoms with E-state index in [0.717, 1.165) is 16.5 Å². The molecule has 0 aliphatic carbocycles. The maximum atomic E-state index is 13.4. The van der Waals surface area contributed by atoms with Gasteiger partial charge in [0.15, 0.2) is 11.2 Å². The molecule has 0 saturated carbocycles. The lowest BCUT2D eigenvalue weighted by molar-refractivity contribution is -0.172. The molecule has 5 rings (SSSR count). The van der Waals surface area contributed by atoms with Crippen molar-refractivity contribution in [1.82, 2.24) is 9.55 Å². The number of nitrogens with zero attached hydrogens (tertiary/aromatic N) is 2. The third kappa shape index (κ3) is 3.33. The number of fused-ring (bicyclic) bond motifs is 5. The number of ether oxygens (including phenoxy) is 3. The van der Waals surface area contributed by atoms with Crippen LogP contribution in [0.25, 0.3) is 22.3 Å². The number of carbonyl (C=O) groups excluding carboxylic acids is 2. The lowest BCUT2D eigenvalue weighted by Gasteiger charge is -2.31. The van der Waals surface area contributed by atoms with Crippen LogP contribution in [0, 0.1) is 0 Å². The van der Waals surface area contributed by atoms with Crippen molar-refractivity contribution in [2.45, 2.75) is 64.9 Å². The molecule has 36 heavy (non-hydrogen) atoms. The molecule has 4 heterocycles. The first-order chi connectivity index (χ1) is 17.1. The van der Waals surface area contributed by atoms with Gasteiger partial charge in [-0.2, -0.15) is 0 Å². The molecule has 2 aromatic heterocycles. The molecule has 0 radical (unpaired) electrons. The van der Waals surface area contributed by atoms with E-state index in [2.05, 4.69) is 0 Å². The quantitative estimate of drug-likeness (QED) is 0.423. The fourth-order valence-electron chi connectivity index (χ4n) is 5.19. The molecule has 9 nitrogen and oxygen atoms in total. The molecule has 3 aromatic rings. The predicted molar refractivity (Wildman–Crippen MR) is 131 cm³/mol. The number of rotatable bonds is 5. The van der Waals surface area contributed by atoms with Crippen molar-refractivity contribution in [3.8, 4) is 17.1 Å². The molecular formula is C27H28N2O7. The van der Waals surface area contributed by atoms with Gasteiger partial charge in [0.2, 0.25) is 0 Å². The number of pyridine rings is 2. The number of hydrogen-bond donors (Lipinski definition) is 1. The standard InChI is InChI=1S/C27H28N2O7/c1-6-15-16-10-14(36-26(3,4)24(31)34-5)8-9-20(16)28-22-17(15)12-29-21(22)11-19-18(23(29)30)13-35-25(32)27(19,33)7-2/h8-11,33H,6-7,12-13H2,1-5H3/t27-/m0/s1. The summed E-state index contributed by atoms with van der Waals surface area (Å²) in [7, 11) is 1.32. The van der Waals surface area contributed by atoms with E-state index in [-0.39, 0.29) is 18.6 Å². The van der Waals surface area contributed by atoms with Gasteiger partial charge in [-0.25, -0.2) is 14.6 Å². The summed E-state index contributed by atoms with van der Waals surface area (Å²) in [5, 5.41) is 11.9. The molecule has 2 aliphatic heterocycles. The topological polar surface area (TPSA) is 117 Å². The molecule has 0 fully saturated rings. The summed E-state index contributed by atoms with van der Waals surface area (Å²) in [4.78, 5) is 42.8. The van der Waals surface area contributed by atoms with Gasteiger partial charge in [0.05, 0.1) is 36.1 Å². The summed E-state index contributed by atoms with van der Waals surface area (Å²) in [5.41, 5.74) is 1.09. The summed E-state index contributed by atoms with van der Waals surface area (Å²) >= 11 is 0. The van der Waals surface area contributed by atoms with Crippen LogP contribution in [0.15, 0.2) is 29.1 Å². The normalized spacial score (nSPS) is 18.3. The molecule has 188 valence electrons. The van der Waals surface area contributed by atoms with Gasteiger partial charge in [0.1, 0.15) is 12.4 Å². The Morgan fingerprint density at radius 2 is 1.97 bits per heavy atom. The summed E-state index contributed by atoms with van der Waals surface area (Å²) in [6.07, 6.45) is 0.763. The molecule has 0 saturated heterocycles. The summed E-state index contributed by atoms with van der Waals surface area (Å²) < 4.78 is 17.6. The first kappa shape index (κ1) is 24.0. The third-order valence-corrected chi connectivity index (χ3v) is 7.18. The Kier molecular flexibility index (Phi) is 5.44. The van der Waals surface area contributed by atoms with Gasteiger partial charge >= 0.3 is 11.9 Å². The number of aliphatic hydroxyl groups is 1. The molecule has 2 aliphatic rings. The van der Waals surface area contributed by atoms with Gasteiger partial charge in [-0.1, -0.05) is 13.8 Å². The molecule has 0 amide bonds. The van der Waals surface area contributed by atoms with Crippen molar-refractivity contribution in [2.24, 2.45) is 0 Å². The molecule has 0 spiro atoms. The van der Waals surface area contributed by atoms with E-state index in [0.29, 0.717) is 46.7 Å². The van der Waals surface area contributed by atoms with E-state index >= 15 is 0 Å². The number of aromatic nitrogens is 2. The van der Waals surface area contributed by atoms with E-state index in [1.165, 1.54) is 7.11 Å². The number of methoxy groups -OCH3 is 1. The minimum absolute atomic E-state index is 0.0879. The van der Waals surface area contributed by atoms with Crippen LogP contribution in [-0.4, -0.2) is 39.3 Å². The van der Waals surface area contributed by atoms with Gasteiger partial charge in [0, 0.05) is 16.5 Å². The molecule has 0 unspecified atom stereocenters. The molecular weight excluding hydrogens is 464 g/mol. The second kappa shape index (κ2) is 8.16. The first-order valence-corrected chi connectivity index (χ1v) is 12.0. The van der Waals surface area contributed by atoms with E-state index in [1.54, 1.807) is 37.5 Å². The number of hydrogen-bond acceptors (Lipinski definition) is 8. The maximum absolute atomic E-state index is 13.4. The lowest BCUT2D eigenvalue weighted by atomic mass is 9.86. The highest BCUT2D eigenvalue weighted by molar-refractivity contribution is 5.90. The number of aryl methyl sites for hydroxylation is 1. The van der Waals surface area contributed by atoms with Crippen LogP contribution in [0.3, 0.4) is 0 Å². The van der Waals surface area contributed by atoms with Crippen LogP contribution in [0.1, 0.15) is 56.4 Å². The largest absolute Gasteiger partial charge is 0.476 e. The van der Waals surface area contributed by atoms with Crippen LogP contribution in [0.5, 0.6) is 5.75 Å². The lowest BCUT2D eigenvalue weighted by Crippen LogP contribution is -2.44. The smallest absolute Gasteiger partial charge is 0.349 e. The van der Waals surface area contributed by atoms with Crippen molar-refractivity contribution in [1.29, 1.82) is 0 Å². The Morgan fingerprint density at radius 3 is 2.64 bits per heavy atom.